The molecule has 2 fully saturated rings. The van der Waals surface area contributed by atoms with Crippen molar-refractivity contribution in [1.82, 2.24) is 15.0 Å². The molecule has 1 amide bonds. The number of carbonyl (C=O) groups excluding carboxylic acids is 1. The highest BCUT2D eigenvalue weighted by Gasteiger charge is 2.46. The Hall–Kier alpha value is -1.88. The fraction of sp³-hybridized carbons (Fsp3) is 0.500. The van der Waals surface area contributed by atoms with Crippen LogP contribution < -0.4 is 0 Å². The van der Waals surface area contributed by atoms with Crippen LogP contribution in [0, 0.1) is 12.8 Å². The van der Waals surface area contributed by atoms with Crippen LogP contribution in [-0.4, -0.2) is 34.0 Å². The highest BCUT2D eigenvalue weighted by molar-refractivity contribution is 6.30. The van der Waals surface area contributed by atoms with Gasteiger partial charge in [-0.1, -0.05) is 28.9 Å². The van der Waals surface area contributed by atoms with Crippen LogP contribution in [0.15, 0.2) is 28.8 Å². The minimum Gasteiger partial charge on any atom is -0.342 e. The van der Waals surface area contributed by atoms with Crippen LogP contribution in [0.1, 0.15) is 48.4 Å². The van der Waals surface area contributed by atoms with Crippen molar-refractivity contribution in [1.29, 1.82) is 0 Å². The SMILES string of the molecule is Cc1nc([C@@H]2CCCN(C(=O)[C@H]3C[C@H]3c3cccc(Cl)c3)C2)no1. The number of hydrogen-bond acceptors (Lipinski definition) is 4. The second-order valence-corrected chi connectivity index (χ2v) is 7.24. The van der Waals surface area contributed by atoms with E-state index in [-0.39, 0.29) is 17.7 Å². The highest BCUT2D eigenvalue weighted by atomic mass is 35.5. The summed E-state index contributed by atoms with van der Waals surface area (Å²) in [4.78, 5) is 19.2. The molecule has 6 heteroatoms. The molecule has 126 valence electrons. The first kappa shape index (κ1) is 15.6. The fourth-order valence-electron chi connectivity index (χ4n) is 3.68. The maximum Gasteiger partial charge on any atom is 0.226 e. The van der Waals surface area contributed by atoms with E-state index < -0.39 is 0 Å². The smallest absolute Gasteiger partial charge is 0.226 e. The van der Waals surface area contributed by atoms with Crippen molar-refractivity contribution in [2.24, 2.45) is 5.92 Å². The second kappa shape index (κ2) is 6.20. The van der Waals surface area contributed by atoms with Gasteiger partial charge in [0, 0.05) is 36.9 Å². The van der Waals surface area contributed by atoms with E-state index in [2.05, 4.69) is 16.2 Å². The van der Waals surface area contributed by atoms with Gasteiger partial charge < -0.3 is 9.42 Å². The molecule has 4 rings (SSSR count). The maximum absolute atomic E-state index is 12.8. The lowest BCUT2D eigenvalue weighted by atomic mass is 9.96. The Morgan fingerprint density at radius 3 is 3.04 bits per heavy atom. The van der Waals surface area contributed by atoms with Gasteiger partial charge in [0.1, 0.15) is 0 Å². The Morgan fingerprint density at radius 2 is 2.29 bits per heavy atom. The molecule has 0 spiro atoms. The number of hydrogen-bond donors (Lipinski definition) is 0. The number of likely N-dealkylation sites (tertiary alicyclic amines) is 1. The van der Waals surface area contributed by atoms with Crippen LogP contribution in [0.3, 0.4) is 0 Å². The molecule has 1 aliphatic heterocycles. The van der Waals surface area contributed by atoms with Gasteiger partial charge in [-0.15, -0.1) is 0 Å². The summed E-state index contributed by atoms with van der Waals surface area (Å²) in [7, 11) is 0. The highest BCUT2D eigenvalue weighted by Crippen LogP contribution is 2.49. The number of amides is 1. The molecule has 0 radical (unpaired) electrons. The first-order chi connectivity index (χ1) is 11.6. The van der Waals surface area contributed by atoms with Gasteiger partial charge in [-0.05, 0) is 42.9 Å². The number of carbonyl (C=O) groups is 1. The van der Waals surface area contributed by atoms with Crippen LogP contribution in [0.25, 0.3) is 0 Å². The van der Waals surface area contributed by atoms with E-state index >= 15 is 0 Å². The molecule has 0 bridgehead atoms. The lowest BCUT2D eigenvalue weighted by Crippen LogP contribution is -2.40. The standard InChI is InChI=1S/C18H20ClN3O2/c1-11-20-17(21-24-11)13-5-3-7-22(10-13)18(23)16-9-15(16)12-4-2-6-14(19)8-12/h2,4,6,8,13,15-16H,3,5,7,9-10H2,1H3/t13-,15+,16+/m1/s1. The van der Waals surface area contributed by atoms with Crippen LogP contribution in [-0.2, 0) is 4.79 Å². The summed E-state index contributed by atoms with van der Waals surface area (Å²) in [5.41, 5.74) is 1.17. The van der Waals surface area contributed by atoms with Crippen LogP contribution in [0.2, 0.25) is 5.02 Å². The third-order valence-electron chi connectivity index (χ3n) is 5.03. The van der Waals surface area contributed by atoms with Gasteiger partial charge in [-0.2, -0.15) is 4.98 Å². The number of rotatable bonds is 3. The van der Waals surface area contributed by atoms with E-state index in [0.29, 0.717) is 18.4 Å². The van der Waals surface area contributed by atoms with E-state index in [9.17, 15) is 4.79 Å². The molecule has 1 saturated carbocycles. The largest absolute Gasteiger partial charge is 0.342 e. The van der Waals surface area contributed by atoms with Crippen LogP contribution in [0.5, 0.6) is 0 Å². The number of aryl methyl sites for hydroxylation is 1. The van der Waals surface area contributed by atoms with Crippen molar-refractivity contribution < 1.29 is 9.32 Å². The first-order valence-electron chi connectivity index (χ1n) is 8.46. The van der Waals surface area contributed by atoms with Gasteiger partial charge >= 0.3 is 0 Å². The predicted octanol–water partition coefficient (Wildman–Crippen LogP) is 3.54. The van der Waals surface area contributed by atoms with Crippen molar-refractivity contribution in [3.05, 3.63) is 46.6 Å². The Kier molecular flexibility index (Phi) is 4.04. The molecular formula is C18H20ClN3O2. The topological polar surface area (TPSA) is 59.2 Å². The fourth-order valence-corrected chi connectivity index (χ4v) is 3.88. The summed E-state index contributed by atoms with van der Waals surface area (Å²) in [6.45, 7) is 3.31. The van der Waals surface area contributed by atoms with Gasteiger partial charge in [0.25, 0.3) is 0 Å². The molecule has 0 unspecified atom stereocenters. The Bertz CT molecular complexity index is 760. The zero-order chi connectivity index (χ0) is 16.7. The average Bonchev–Trinajstić information content (AvgIpc) is 3.28. The molecule has 3 atom stereocenters. The van der Waals surface area contributed by atoms with E-state index in [0.717, 1.165) is 36.7 Å². The van der Waals surface area contributed by atoms with Gasteiger partial charge in [0.2, 0.25) is 11.8 Å². The van der Waals surface area contributed by atoms with Crippen LogP contribution >= 0.6 is 11.6 Å². The maximum atomic E-state index is 12.8. The van der Waals surface area contributed by atoms with E-state index in [1.807, 2.05) is 23.1 Å². The molecule has 2 heterocycles. The zero-order valence-corrected chi connectivity index (χ0v) is 14.4. The lowest BCUT2D eigenvalue weighted by molar-refractivity contribution is -0.133. The van der Waals surface area contributed by atoms with Gasteiger partial charge in [0.05, 0.1) is 0 Å². The zero-order valence-electron chi connectivity index (χ0n) is 13.6. The summed E-state index contributed by atoms with van der Waals surface area (Å²) < 4.78 is 5.08. The molecule has 5 nitrogen and oxygen atoms in total. The number of halogens is 1. The Morgan fingerprint density at radius 1 is 1.42 bits per heavy atom. The third-order valence-corrected chi connectivity index (χ3v) is 5.26. The van der Waals surface area contributed by atoms with Crippen molar-refractivity contribution >= 4 is 17.5 Å². The second-order valence-electron chi connectivity index (χ2n) is 6.80. The summed E-state index contributed by atoms with van der Waals surface area (Å²) in [5, 5.41) is 4.76. The van der Waals surface area contributed by atoms with Gasteiger partial charge in [-0.25, -0.2) is 0 Å². The number of benzene rings is 1. The summed E-state index contributed by atoms with van der Waals surface area (Å²) in [6, 6.07) is 7.85. The Labute approximate surface area is 146 Å². The molecule has 1 aromatic carbocycles. The monoisotopic (exact) mass is 345 g/mol. The van der Waals surface area contributed by atoms with E-state index in [1.165, 1.54) is 5.56 Å². The van der Waals surface area contributed by atoms with Crippen LogP contribution in [0.4, 0.5) is 0 Å². The molecule has 1 saturated heterocycles. The van der Waals surface area contributed by atoms with Crippen molar-refractivity contribution in [3.8, 4) is 0 Å². The number of nitrogens with zero attached hydrogens (tertiary/aromatic N) is 3. The molecule has 24 heavy (non-hydrogen) atoms. The molecule has 0 N–H and O–H groups in total. The molecular weight excluding hydrogens is 326 g/mol. The summed E-state index contributed by atoms with van der Waals surface area (Å²) in [6.07, 6.45) is 2.91. The normalized spacial score (nSPS) is 26.4. The first-order valence-corrected chi connectivity index (χ1v) is 8.84. The molecule has 2 aliphatic rings. The average molecular weight is 346 g/mol. The molecule has 1 aromatic heterocycles. The summed E-state index contributed by atoms with van der Waals surface area (Å²) in [5.74, 6) is 2.15. The minimum atomic E-state index is 0.0919. The molecule has 2 aromatic rings. The van der Waals surface area contributed by atoms with Gasteiger partial charge in [-0.3, -0.25) is 4.79 Å². The summed E-state index contributed by atoms with van der Waals surface area (Å²) >= 11 is 6.06. The Balaban J connectivity index is 1.42. The third kappa shape index (κ3) is 3.05. The number of aromatic nitrogens is 2. The van der Waals surface area contributed by atoms with Gasteiger partial charge in [0.15, 0.2) is 5.82 Å². The molecule has 1 aliphatic carbocycles. The van der Waals surface area contributed by atoms with E-state index in [4.69, 9.17) is 16.1 Å². The number of piperidine rings is 1. The minimum absolute atomic E-state index is 0.0919. The van der Waals surface area contributed by atoms with Crippen molar-refractivity contribution in [2.45, 2.75) is 38.0 Å². The predicted molar refractivity (Wildman–Crippen MR) is 89.9 cm³/mol. The van der Waals surface area contributed by atoms with Crippen molar-refractivity contribution in [3.63, 3.8) is 0 Å². The van der Waals surface area contributed by atoms with Crippen molar-refractivity contribution in [2.75, 3.05) is 13.1 Å². The lowest BCUT2D eigenvalue weighted by Gasteiger charge is -2.31. The quantitative estimate of drug-likeness (QED) is 0.853. The van der Waals surface area contributed by atoms with E-state index in [1.54, 1.807) is 6.92 Å².